The van der Waals surface area contributed by atoms with Crippen LogP contribution in [-0.2, 0) is 9.53 Å². The Morgan fingerprint density at radius 1 is 1.12 bits per heavy atom. The molecule has 6 heteroatoms. The second kappa shape index (κ2) is 7.97. The minimum absolute atomic E-state index is 0.110. The van der Waals surface area contributed by atoms with Crippen molar-refractivity contribution in [3.63, 3.8) is 0 Å². The Bertz CT molecular complexity index is 733. The fourth-order valence-corrected chi connectivity index (χ4v) is 3.02. The maximum atomic E-state index is 12.0. The summed E-state index contributed by atoms with van der Waals surface area (Å²) >= 11 is 3.44. The highest BCUT2D eigenvalue weighted by Crippen LogP contribution is 2.30. The van der Waals surface area contributed by atoms with E-state index in [-0.39, 0.29) is 12.5 Å². The summed E-state index contributed by atoms with van der Waals surface area (Å²) in [6.45, 7) is 3.81. The summed E-state index contributed by atoms with van der Waals surface area (Å²) in [4.78, 5) is 23.4. The van der Waals surface area contributed by atoms with E-state index in [1.165, 1.54) is 7.11 Å². The molecule has 1 N–H and O–H groups in total. The third kappa shape index (κ3) is 4.58. The van der Waals surface area contributed by atoms with Gasteiger partial charge in [0.15, 0.2) is 6.61 Å². The number of rotatable bonds is 5. The Morgan fingerprint density at radius 2 is 1.79 bits per heavy atom. The number of nitrogens with one attached hydrogen (secondary N) is 1. The van der Waals surface area contributed by atoms with Crippen molar-refractivity contribution in [3.05, 3.63) is 57.6 Å². The van der Waals surface area contributed by atoms with Crippen molar-refractivity contribution in [2.45, 2.75) is 13.8 Å². The summed E-state index contributed by atoms with van der Waals surface area (Å²) < 4.78 is 11.0. The molecule has 0 aliphatic carbocycles. The first-order valence-corrected chi connectivity index (χ1v) is 8.08. The van der Waals surface area contributed by atoms with E-state index in [0.29, 0.717) is 17.0 Å². The molecule has 0 fully saturated rings. The first-order valence-electron chi connectivity index (χ1n) is 7.28. The molecule has 0 saturated carbocycles. The Hall–Kier alpha value is -2.34. The van der Waals surface area contributed by atoms with Crippen molar-refractivity contribution in [1.82, 2.24) is 0 Å². The van der Waals surface area contributed by atoms with Gasteiger partial charge in [0, 0.05) is 5.69 Å². The standard InChI is InChI=1S/C18H18BrNO4/c1-11-8-12(2)17(15(19)9-11)24-10-16(21)20-14-6-4-13(5-7-14)18(22)23-3/h4-9H,10H2,1-3H3,(H,20,21). The quantitative estimate of drug-likeness (QED) is 0.785. The molecule has 0 unspecified atom stereocenters. The van der Waals surface area contributed by atoms with Crippen LogP contribution >= 0.6 is 15.9 Å². The van der Waals surface area contributed by atoms with Crippen molar-refractivity contribution in [2.75, 3.05) is 19.0 Å². The SMILES string of the molecule is COC(=O)c1ccc(NC(=O)COc2c(C)cc(C)cc2Br)cc1. The predicted octanol–water partition coefficient (Wildman–Crippen LogP) is 3.87. The lowest BCUT2D eigenvalue weighted by atomic mass is 10.1. The van der Waals surface area contributed by atoms with Gasteiger partial charge in [0.25, 0.3) is 5.91 Å². The van der Waals surface area contributed by atoms with Crippen LogP contribution in [0.1, 0.15) is 21.5 Å². The van der Waals surface area contributed by atoms with Gasteiger partial charge < -0.3 is 14.8 Å². The highest BCUT2D eigenvalue weighted by atomic mass is 79.9. The van der Waals surface area contributed by atoms with Crippen molar-refractivity contribution in [1.29, 1.82) is 0 Å². The fraction of sp³-hybridized carbons (Fsp3) is 0.222. The van der Waals surface area contributed by atoms with Crippen LogP contribution in [0, 0.1) is 13.8 Å². The molecule has 0 saturated heterocycles. The zero-order valence-electron chi connectivity index (χ0n) is 13.7. The fourth-order valence-electron chi connectivity index (χ4n) is 2.23. The van der Waals surface area contributed by atoms with E-state index in [4.69, 9.17) is 4.74 Å². The molecule has 5 nitrogen and oxygen atoms in total. The summed E-state index contributed by atoms with van der Waals surface area (Å²) in [6, 6.07) is 10.4. The van der Waals surface area contributed by atoms with Crippen LogP contribution in [0.15, 0.2) is 40.9 Å². The average molecular weight is 392 g/mol. The Morgan fingerprint density at radius 3 is 2.38 bits per heavy atom. The molecular weight excluding hydrogens is 374 g/mol. The van der Waals surface area contributed by atoms with E-state index in [9.17, 15) is 9.59 Å². The number of aryl methyl sites for hydroxylation is 2. The molecule has 0 radical (unpaired) electrons. The second-order valence-corrected chi connectivity index (χ2v) is 6.15. The molecule has 0 heterocycles. The van der Waals surface area contributed by atoms with Crippen molar-refractivity contribution < 1.29 is 19.1 Å². The number of benzene rings is 2. The number of amides is 1. The van der Waals surface area contributed by atoms with Crippen molar-refractivity contribution in [2.24, 2.45) is 0 Å². The highest BCUT2D eigenvalue weighted by molar-refractivity contribution is 9.10. The smallest absolute Gasteiger partial charge is 0.337 e. The highest BCUT2D eigenvalue weighted by Gasteiger charge is 2.10. The molecule has 0 aliphatic heterocycles. The molecular formula is C18H18BrNO4. The summed E-state index contributed by atoms with van der Waals surface area (Å²) in [5.41, 5.74) is 3.07. The molecule has 126 valence electrons. The molecule has 0 atom stereocenters. The van der Waals surface area contributed by atoms with Crippen LogP contribution in [0.3, 0.4) is 0 Å². The van der Waals surface area contributed by atoms with Crippen LogP contribution in [-0.4, -0.2) is 25.6 Å². The number of halogens is 1. The number of hydrogen-bond acceptors (Lipinski definition) is 4. The van der Waals surface area contributed by atoms with Crippen molar-refractivity contribution >= 4 is 33.5 Å². The minimum atomic E-state index is -0.420. The zero-order valence-corrected chi connectivity index (χ0v) is 15.3. The minimum Gasteiger partial charge on any atom is -0.482 e. The van der Waals surface area contributed by atoms with Crippen LogP contribution < -0.4 is 10.1 Å². The third-order valence-electron chi connectivity index (χ3n) is 3.31. The van der Waals surface area contributed by atoms with Gasteiger partial charge in [-0.3, -0.25) is 4.79 Å². The largest absolute Gasteiger partial charge is 0.482 e. The molecule has 2 aromatic carbocycles. The Kier molecular flexibility index (Phi) is 5.98. The van der Waals surface area contributed by atoms with E-state index >= 15 is 0 Å². The van der Waals surface area contributed by atoms with Gasteiger partial charge in [-0.05, 0) is 71.2 Å². The molecule has 0 aliphatic rings. The van der Waals surface area contributed by atoms with Gasteiger partial charge >= 0.3 is 5.97 Å². The van der Waals surface area contributed by atoms with E-state index in [0.717, 1.165) is 15.6 Å². The monoisotopic (exact) mass is 391 g/mol. The molecule has 0 spiro atoms. The Balaban J connectivity index is 1.95. The van der Waals surface area contributed by atoms with Gasteiger partial charge in [-0.25, -0.2) is 4.79 Å². The number of methoxy groups -OCH3 is 1. The van der Waals surface area contributed by atoms with E-state index < -0.39 is 5.97 Å². The lowest BCUT2D eigenvalue weighted by Gasteiger charge is -2.12. The summed E-state index contributed by atoms with van der Waals surface area (Å²) in [5.74, 6) is -0.0552. The molecule has 0 bridgehead atoms. The van der Waals surface area contributed by atoms with E-state index in [1.807, 2.05) is 26.0 Å². The predicted molar refractivity (Wildman–Crippen MR) is 95.5 cm³/mol. The van der Waals surface area contributed by atoms with Gasteiger partial charge in [-0.15, -0.1) is 0 Å². The number of ether oxygens (including phenoxy) is 2. The van der Waals surface area contributed by atoms with Crippen molar-refractivity contribution in [3.8, 4) is 5.75 Å². The van der Waals surface area contributed by atoms with Gasteiger partial charge in [-0.1, -0.05) is 6.07 Å². The first-order chi connectivity index (χ1) is 11.4. The normalized spacial score (nSPS) is 10.2. The summed E-state index contributed by atoms with van der Waals surface area (Å²) in [5, 5.41) is 2.72. The molecule has 24 heavy (non-hydrogen) atoms. The topological polar surface area (TPSA) is 64.6 Å². The van der Waals surface area contributed by atoms with Crippen LogP contribution in [0.25, 0.3) is 0 Å². The van der Waals surface area contributed by atoms with Crippen LogP contribution in [0.5, 0.6) is 5.75 Å². The lowest BCUT2D eigenvalue weighted by molar-refractivity contribution is -0.118. The maximum absolute atomic E-state index is 12.0. The van der Waals surface area contributed by atoms with Crippen LogP contribution in [0.2, 0.25) is 0 Å². The summed E-state index contributed by atoms with van der Waals surface area (Å²) in [6.07, 6.45) is 0. The average Bonchev–Trinajstić information content (AvgIpc) is 2.53. The van der Waals surface area contributed by atoms with Gasteiger partial charge in [0.1, 0.15) is 5.75 Å². The number of hydrogen-bond donors (Lipinski definition) is 1. The van der Waals surface area contributed by atoms with Gasteiger partial charge in [-0.2, -0.15) is 0 Å². The summed E-state index contributed by atoms with van der Waals surface area (Å²) in [7, 11) is 1.32. The second-order valence-electron chi connectivity index (χ2n) is 5.30. The molecule has 2 aromatic rings. The number of carbonyl (C=O) groups excluding carboxylic acids is 2. The van der Waals surface area contributed by atoms with Crippen LogP contribution in [0.4, 0.5) is 5.69 Å². The first kappa shape index (κ1) is 18.0. The third-order valence-corrected chi connectivity index (χ3v) is 3.90. The maximum Gasteiger partial charge on any atom is 0.337 e. The lowest BCUT2D eigenvalue weighted by Crippen LogP contribution is -2.20. The molecule has 1 amide bonds. The van der Waals surface area contributed by atoms with Gasteiger partial charge in [0.05, 0.1) is 17.1 Å². The number of carbonyl (C=O) groups is 2. The molecule has 0 aromatic heterocycles. The Labute approximate surface area is 149 Å². The number of esters is 1. The zero-order chi connectivity index (χ0) is 17.7. The van der Waals surface area contributed by atoms with E-state index in [1.54, 1.807) is 24.3 Å². The van der Waals surface area contributed by atoms with E-state index in [2.05, 4.69) is 26.0 Å². The molecule has 2 rings (SSSR count). The van der Waals surface area contributed by atoms with Gasteiger partial charge in [0.2, 0.25) is 0 Å². The number of anilines is 1.